The van der Waals surface area contributed by atoms with E-state index in [0.29, 0.717) is 13.0 Å². The van der Waals surface area contributed by atoms with Gasteiger partial charge in [0.05, 0.1) is 16.8 Å². The number of carbonyl (C=O) groups is 1. The summed E-state index contributed by atoms with van der Waals surface area (Å²) in [6.07, 6.45) is 2.30. The number of rotatable bonds is 6. The number of nitrogens with two attached hydrogens (primary N) is 1. The molecular formula is C15H21N3OS. The first kappa shape index (κ1) is 14.9. The van der Waals surface area contributed by atoms with Gasteiger partial charge in [0.2, 0.25) is 5.91 Å². The molecule has 4 nitrogen and oxygen atoms in total. The number of hydrogen-bond donors (Lipinski definition) is 1. The van der Waals surface area contributed by atoms with Crippen molar-refractivity contribution in [2.24, 2.45) is 5.73 Å². The van der Waals surface area contributed by atoms with Gasteiger partial charge in [-0.25, -0.2) is 4.98 Å². The molecule has 1 aromatic carbocycles. The SMILES string of the molecule is CC(N)CCCC(=O)N(C)Cc1nc2ccccc2s1. The molecule has 0 aliphatic heterocycles. The Morgan fingerprint density at radius 1 is 1.45 bits per heavy atom. The maximum Gasteiger partial charge on any atom is 0.222 e. The number of nitrogens with zero attached hydrogens (tertiary/aromatic N) is 2. The van der Waals surface area contributed by atoms with Crippen LogP contribution in [-0.2, 0) is 11.3 Å². The van der Waals surface area contributed by atoms with Crippen LogP contribution in [0.4, 0.5) is 0 Å². The molecule has 2 rings (SSSR count). The van der Waals surface area contributed by atoms with Gasteiger partial charge in [0.15, 0.2) is 0 Å². The molecule has 108 valence electrons. The highest BCUT2D eigenvalue weighted by Crippen LogP contribution is 2.22. The minimum atomic E-state index is 0.157. The maximum absolute atomic E-state index is 12.0. The number of hydrogen-bond acceptors (Lipinski definition) is 4. The molecule has 20 heavy (non-hydrogen) atoms. The standard InChI is InChI=1S/C15H21N3OS/c1-11(16)6-5-9-15(19)18(2)10-14-17-12-7-3-4-8-13(12)20-14/h3-4,7-8,11H,5-6,9-10,16H2,1-2H3. The van der Waals surface area contributed by atoms with Crippen LogP contribution in [0, 0.1) is 0 Å². The van der Waals surface area contributed by atoms with E-state index in [1.54, 1.807) is 16.2 Å². The molecule has 0 aliphatic carbocycles. The first-order chi connectivity index (χ1) is 9.56. The number of fused-ring (bicyclic) bond motifs is 1. The largest absolute Gasteiger partial charge is 0.339 e. The van der Waals surface area contributed by atoms with Crippen LogP contribution >= 0.6 is 11.3 Å². The molecule has 1 heterocycles. The third-order valence-electron chi connectivity index (χ3n) is 3.19. The molecule has 0 saturated heterocycles. The zero-order valence-electron chi connectivity index (χ0n) is 12.0. The van der Waals surface area contributed by atoms with Crippen LogP contribution in [0.25, 0.3) is 10.2 Å². The van der Waals surface area contributed by atoms with Crippen LogP contribution in [0.5, 0.6) is 0 Å². The highest BCUT2D eigenvalue weighted by Gasteiger charge is 2.12. The molecule has 0 fully saturated rings. The predicted molar refractivity (Wildman–Crippen MR) is 83.6 cm³/mol. The van der Waals surface area contributed by atoms with Gasteiger partial charge in [-0.05, 0) is 31.9 Å². The van der Waals surface area contributed by atoms with Crippen molar-refractivity contribution in [3.05, 3.63) is 29.3 Å². The molecule has 0 spiro atoms. The number of carbonyl (C=O) groups excluding carboxylic acids is 1. The Morgan fingerprint density at radius 2 is 2.20 bits per heavy atom. The van der Waals surface area contributed by atoms with E-state index in [0.717, 1.165) is 23.4 Å². The molecule has 1 aromatic heterocycles. The summed E-state index contributed by atoms with van der Waals surface area (Å²) < 4.78 is 1.17. The highest BCUT2D eigenvalue weighted by molar-refractivity contribution is 7.18. The lowest BCUT2D eigenvalue weighted by atomic mass is 10.1. The minimum Gasteiger partial charge on any atom is -0.339 e. The molecule has 1 amide bonds. The Balaban J connectivity index is 1.90. The van der Waals surface area contributed by atoms with Crippen molar-refractivity contribution in [1.82, 2.24) is 9.88 Å². The number of thiazole rings is 1. The lowest BCUT2D eigenvalue weighted by molar-refractivity contribution is -0.130. The van der Waals surface area contributed by atoms with Gasteiger partial charge < -0.3 is 10.6 Å². The number of aromatic nitrogens is 1. The van der Waals surface area contributed by atoms with E-state index >= 15 is 0 Å². The van der Waals surface area contributed by atoms with Crippen LogP contribution in [0.2, 0.25) is 0 Å². The van der Waals surface area contributed by atoms with Crippen molar-refractivity contribution >= 4 is 27.5 Å². The summed E-state index contributed by atoms with van der Waals surface area (Å²) in [5.41, 5.74) is 6.69. The van der Waals surface area contributed by atoms with Crippen molar-refractivity contribution in [3.63, 3.8) is 0 Å². The van der Waals surface area contributed by atoms with Gasteiger partial charge in [-0.15, -0.1) is 11.3 Å². The zero-order chi connectivity index (χ0) is 14.5. The summed E-state index contributed by atoms with van der Waals surface area (Å²) in [6.45, 7) is 2.55. The lowest BCUT2D eigenvalue weighted by Gasteiger charge is -2.15. The predicted octanol–water partition coefficient (Wildman–Crippen LogP) is 2.77. The smallest absolute Gasteiger partial charge is 0.222 e. The van der Waals surface area contributed by atoms with Gasteiger partial charge >= 0.3 is 0 Å². The van der Waals surface area contributed by atoms with Crippen molar-refractivity contribution in [2.75, 3.05) is 7.05 Å². The third-order valence-corrected chi connectivity index (χ3v) is 4.21. The minimum absolute atomic E-state index is 0.157. The summed E-state index contributed by atoms with van der Waals surface area (Å²) >= 11 is 1.65. The van der Waals surface area contributed by atoms with Gasteiger partial charge in [0, 0.05) is 19.5 Å². The van der Waals surface area contributed by atoms with E-state index in [4.69, 9.17) is 5.73 Å². The van der Waals surface area contributed by atoms with E-state index < -0.39 is 0 Å². The summed E-state index contributed by atoms with van der Waals surface area (Å²) in [6, 6.07) is 8.21. The van der Waals surface area contributed by atoms with E-state index in [-0.39, 0.29) is 11.9 Å². The van der Waals surface area contributed by atoms with Gasteiger partial charge in [0.25, 0.3) is 0 Å². The molecule has 0 radical (unpaired) electrons. The zero-order valence-corrected chi connectivity index (χ0v) is 12.8. The summed E-state index contributed by atoms with van der Waals surface area (Å²) in [4.78, 5) is 18.3. The summed E-state index contributed by atoms with van der Waals surface area (Å²) in [5.74, 6) is 0.157. The molecule has 1 unspecified atom stereocenters. The summed E-state index contributed by atoms with van der Waals surface area (Å²) in [5, 5.41) is 0.981. The van der Waals surface area contributed by atoms with Crippen LogP contribution < -0.4 is 5.73 Å². The van der Waals surface area contributed by atoms with Gasteiger partial charge in [-0.2, -0.15) is 0 Å². The van der Waals surface area contributed by atoms with Gasteiger partial charge in [-0.1, -0.05) is 12.1 Å². The average molecular weight is 291 g/mol. The molecule has 0 bridgehead atoms. The Morgan fingerprint density at radius 3 is 2.90 bits per heavy atom. The molecule has 2 N–H and O–H groups in total. The fourth-order valence-electron chi connectivity index (χ4n) is 2.04. The van der Waals surface area contributed by atoms with E-state index in [1.165, 1.54) is 4.70 Å². The van der Waals surface area contributed by atoms with Crippen LogP contribution in [0.15, 0.2) is 24.3 Å². The maximum atomic E-state index is 12.0. The van der Waals surface area contributed by atoms with Crippen molar-refractivity contribution in [3.8, 4) is 0 Å². The van der Waals surface area contributed by atoms with Crippen molar-refractivity contribution < 1.29 is 4.79 Å². The number of amides is 1. The molecule has 0 aliphatic rings. The normalized spacial score (nSPS) is 12.6. The second-order valence-electron chi connectivity index (χ2n) is 5.19. The second kappa shape index (κ2) is 6.81. The van der Waals surface area contributed by atoms with Gasteiger partial charge in [0.1, 0.15) is 5.01 Å². The van der Waals surface area contributed by atoms with Crippen molar-refractivity contribution in [2.45, 2.75) is 38.8 Å². The summed E-state index contributed by atoms with van der Waals surface area (Å²) in [7, 11) is 1.83. The average Bonchev–Trinajstić information content (AvgIpc) is 2.80. The quantitative estimate of drug-likeness (QED) is 0.890. The highest BCUT2D eigenvalue weighted by atomic mass is 32.1. The van der Waals surface area contributed by atoms with E-state index in [9.17, 15) is 4.79 Å². The Hall–Kier alpha value is -1.46. The molecule has 1 atom stereocenters. The molecular weight excluding hydrogens is 270 g/mol. The van der Waals surface area contributed by atoms with Crippen molar-refractivity contribution in [1.29, 1.82) is 0 Å². The lowest BCUT2D eigenvalue weighted by Crippen LogP contribution is -2.26. The fourth-order valence-corrected chi connectivity index (χ4v) is 3.07. The Bertz CT molecular complexity index is 546. The van der Waals surface area contributed by atoms with E-state index in [2.05, 4.69) is 11.1 Å². The molecule has 0 saturated carbocycles. The Kier molecular flexibility index (Phi) is 5.09. The second-order valence-corrected chi connectivity index (χ2v) is 6.31. The fraction of sp³-hybridized carbons (Fsp3) is 0.467. The van der Waals surface area contributed by atoms with E-state index in [1.807, 2.05) is 32.2 Å². The Labute approximate surface area is 123 Å². The third kappa shape index (κ3) is 4.02. The first-order valence-corrected chi connectivity index (χ1v) is 7.72. The molecule has 5 heteroatoms. The topological polar surface area (TPSA) is 59.2 Å². The first-order valence-electron chi connectivity index (χ1n) is 6.90. The van der Waals surface area contributed by atoms with Crippen LogP contribution in [0.1, 0.15) is 31.2 Å². The molecule has 2 aromatic rings. The number of para-hydroxylation sites is 1. The number of benzene rings is 1. The monoisotopic (exact) mass is 291 g/mol. The van der Waals surface area contributed by atoms with Crippen LogP contribution in [-0.4, -0.2) is 28.9 Å². The van der Waals surface area contributed by atoms with Crippen LogP contribution in [0.3, 0.4) is 0 Å². The van der Waals surface area contributed by atoms with Gasteiger partial charge in [-0.3, -0.25) is 4.79 Å².